The van der Waals surface area contributed by atoms with Gasteiger partial charge in [-0.05, 0) is 86.8 Å². The summed E-state index contributed by atoms with van der Waals surface area (Å²) in [5.41, 5.74) is -0.172. The molecule has 6 nitrogen and oxygen atoms in total. The Morgan fingerprint density at radius 2 is 1.78 bits per heavy atom. The highest BCUT2D eigenvalue weighted by Gasteiger charge is 2.42. The summed E-state index contributed by atoms with van der Waals surface area (Å²) in [4.78, 5) is 32.9. The third-order valence-electron chi connectivity index (χ3n) is 8.23. The average molecular weight is 612 g/mol. The van der Waals surface area contributed by atoms with E-state index in [4.69, 9.17) is 16.3 Å². The number of benzene rings is 2. The molecule has 0 radical (unpaired) electrons. The number of likely N-dealkylation sites (N-methyl/N-ethyl adjacent to an activating group) is 1. The normalized spacial score (nSPS) is 20.3. The van der Waals surface area contributed by atoms with Crippen molar-refractivity contribution in [2.24, 2.45) is 5.92 Å². The smallest absolute Gasteiger partial charge is 0.419 e. The second-order valence-corrected chi connectivity index (χ2v) is 12.2. The zero-order valence-corrected chi connectivity index (χ0v) is 25.2. The molecule has 0 unspecified atom stereocenters. The topological polar surface area (TPSA) is 53.1 Å². The molecule has 11 heteroatoms. The van der Waals surface area contributed by atoms with Crippen LogP contribution in [-0.2, 0) is 11.0 Å². The van der Waals surface area contributed by atoms with E-state index in [9.17, 15) is 22.8 Å². The van der Waals surface area contributed by atoms with Crippen molar-refractivity contribution in [3.63, 3.8) is 0 Å². The van der Waals surface area contributed by atoms with Crippen LogP contribution in [0.15, 0.2) is 42.5 Å². The fraction of sp³-hybridized carbons (Fsp3) is 0.533. The van der Waals surface area contributed by atoms with Gasteiger partial charge in [-0.15, -0.1) is 0 Å². The number of ether oxygens (including phenoxy) is 1. The molecule has 2 atom stereocenters. The standard InChI is InChI=1S/C30H37ClF3N3O3S/c1-35(28(38)22-7-10-27(40-2)25(17-22)30(32,33)34)26-19-37(18-24(26)20-5-8-23(31)9-6-20)29(39)21-11-14-36(15-12-21)13-4-16-41-3/h5-10,17,21,24,26H,4,11-16,18-19H2,1-3H3/t24-,26+/m1/s1. The molecule has 0 aromatic heterocycles. The number of thioether (sulfide) groups is 1. The van der Waals surface area contributed by atoms with Gasteiger partial charge in [0.1, 0.15) is 5.75 Å². The molecule has 2 aliphatic heterocycles. The Labute approximate surface area is 249 Å². The van der Waals surface area contributed by atoms with Crippen LogP contribution in [0.3, 0.4) is 0 Å². The average Bonchev–Trinajstić information content (AvgIpc) is 3.41. The van der Waals surface area contributed by atoms with Gasteiger partial charge in [-0.1, -0.05) is 23.7 Å². The number of alkyl halides is 3. The highest BCUT2D eigenvalue weighted by molar-refractivity contribution is 7.98. The maximum atomic E-state index is 13.7. The summed E-state index contributed by atoms with van der Waals surface area (Å²) >= 11 is 7.96. The molecule has 0 spiro atoms. The van der Waals surface area contributed by atoms with Crippen LogP contribution in [0.1, 0.15) is 46.7 Å². The molecular formula is C30H37ClF3N3O3S. The molecule has 4 rings (SSSR count). The van der Waals surface area contributed by atoms with E-state index in [1.807, 2.05) is 28.8 Å². The minimum atomic E-state index is -4.67. The van der Waals surface area contributed by atoms with E-state index in [1.54, 1.807) is 19.2 Å². The van der Waals surface area contributed by atoms with Crippen molar-refractivity contribution in [2.45, 2.75) is 37.4 Å². The molecule has 2 aliphatic rings. The summed E-state index contributed by atoms with van der Waals surface area (Å²) in [6.45, 7) is 3.55. The molecule has 224 valence electrons. The Morgan fingerprint density at radius 1 is 1.10 bits per heavy atom. The van der Waals surface area contributed by atoms with Gasteiger partial charge >= 0.3 is 6.18 Å². The fourth-order valence-corrected chi connectivity index (χ4v) is 6.45. The van der Waals surface area contributed by atoms with Gasteiger partial charge in [0.2, 0.25) is 5.91 Å². The Kier molecular flexibility index (Phi) is 10.5. The Hall–Kier alpha value is -2.43. The van der Waals surface area contributed by atoms with E-state index in [0.717, 1.165) is 63.4 Å². The van der Waals surface area contributed by atoms with Crippen LogP contribution in [-0.4, -0.2) is 91.4 Å². The van der Waals surface area contributed by atoms with Crippen LogP contribution < -0.4 is 4.74 Å². The lowest BCUT2D eigenvalue weighted by atomic mass is 9.93. The van der Waals surface area contributed by atoms with Crippen LogP contribution in [0.4, 0.5) is 13.2 Å². The number of carbonyl (C=O) groups excluding carboxylic acids is 2. The maximum Gasteiger partial charge on any atom is 0.419 e. The summed E-state index contributed by atoms with van der Waals surface area (Å²) in [5, 5.41) is 0.572. The third kappa shape index (κ3) is 7.51. The van der Waals surface area contributed by atoms with Gasteiger partial charge in [-0.3, -0.25) is 9.59 Å². The lowest BCUT2D eigenvalue weighted by Gasteiger charge is -2.33. The van der Waals surface area contributed by atoms with Gasteiger partial charge < -0.3 is 19.4 Å². The SMILES string of the molecule is COc1ccc(C(=O)N(C)[C@H]2CN(C(=O)C3CCN(CCCSC)CC3)C[C@@H]2c2ccc(Cl)cc2)cc1C(F)(F)F. The predicted octanol–water partition coefficient (Wildman–Crippen LogP) is 5.90. The quantitative estimate of drug-likeness (QED) is 0.331. The Balaban J connectivity index is 1.53. The number of amides is 2. The number of nitrogens with zero attached hydrogens (tertiary/aromatic N) is 3. The van der Waals surface area contributed by atoms with E-state index in [-0.39, 0.29) is 29.1 Å². The van der Waals surface area contributed by atoms with Gasteiger partial charge in [0, 0.05) is 42.6 Å². The second-order valence-electron chi connectivity index (χ2n) is 10.8. The highest BCUT2D eigenvalue weighted by Crippen LogP contribution is 2.38. The summed E-state index contributed by atoms with van der Waals surface area (Å²) in [6, 6.07) is 10.2. The minimum absolute atomic E-state index is 0.0756. The molecule has 2 saturated heterocycles. The van der Waals surface area contributed by atoms with Gasteiger partial charge in [-0.25, -0.2) is 0 Å². The number of halogens is 4. The lowest BCUT2D eigenvalue weighted by molar-refractivity contribution is -0.139. The lowest BCUT2D eigenvalue weighted by Crippen LogP contribution is -2.44. The van der Waals surface area contributed by atoms with Crippen LogP contribution in [0.25, 0.3) is 0 Å². The van der Waals surface area contributed by atoms with E-state index in [1.165, 1.54) is 17.0 Å². The van der Waals surface area contributed by atoms with E-state index < -0.39 is 23.7 Å². The van der Waals surface area contributed by atoms with Crippen molar-refractivity contribution in [3.8, 4) is 5.75 Å². The molecule has 0 saturated carbocycles. The molecule has 2 amide bonds. The molecule has 2 aromatic carbocycles. The van der Waals surface area contributed by atoms with Gasteiger partial charge in [0.15, 0.2) is 0 Å². The zero-order chi connectivity index (χ0) is 29.7. The number of likely N-dealkylation sites (tertiary alicyclic amines) is 2. The molecule has 0 aliphatic carbocycles. The first-order valence-electron chi connectivity index (χ1n) is 13.8. The van der Waals surface area contributed by atoms with Gasteiger partial charge in [0.25, 0.3) is 5.91 Å². The molecular weight excluding hydrogens is 575 g/mol. The number of carbonyl (C=O) groups is 2. The fourth-order valence-electron chi connectivity index (χ4n) is 5.91. The summed E-state index contributed by atoms with van der Waals surface area (Å²) in [7, 11) is 2.75. The molecule has 2 heterocycles. The van der Waals surface area contributed by atoms with E-state index in [0.29, 0.717) is 18.1 Å². The largest absolute Gasteiger partial charge is 0.496 e. The third-order valence-corrected chi connectivity index (χ3v) is 9.18. The number of piperidine rings is 1. The monoisotopic (exact) mass is 611 g/mol. The van der Waals surface area contributed by atoms with Crippen LogP contribution in [0, 0.1) is 5.92 Å². The van der Waals surface area contributed by atoms with Crippen molar-refractivity contribution in [3.05, 3.63) is 64.2 Å². The maximum absolute atomic E-state index is 13.7. The van der Waals surface area contributed by atoms with E-state index in [2.05, 4.69) is 11.2 Å². The summed E-state index contributed by atoms with van der Waals surface area (Å²) < 4.78 is 45.8. The van der Waals surface area contributed by atoms with Crippen LogP contribution in [0.2, 0.25) is 5.02 Å². The Bertz CT molecular complexity index is 1210. The van der Waals surface area contributed by atoms with Crippen LogP contribution in [0.5, 0.6) is 5.75 Å². The van der Waals surface area contributed by atoms with Crippen molar-refractivity contribution in [1.29, 1.82) is 0 Å². The molecule has 2 aromatic rings. The first-order valence-corrected chi connectivity index (χ1v) is 15.6. The summed E-state index contributed by atoms with van der Waals surface area (Å²) in [6.07, 6.45) is 0.160. The first-order chi connectivity index (χ1) is 19.5. The predicted molar refractivity (Wildman–Crippen MR) is 157 cm³/mol. The molecule has 41 heavy (non-hydrogen) atoms. The summed E-state index contributed by atoms with van der Waals surface area (Å²) in [5.74, 6) is 0.0319. The number of hydrogen-bond donors (Lipinski definition) is 0. The minimum Gasteiger partial charge on any atom is -0.496 e. The number of hydrogen-bond acceptors (Lipinski definition) is 5. The zero-order valence-electron chi connectivity index (χ0n) is 23.6. The van der Waals surface area contributed by atoms with Crippen molar-refractivity contribution in [2.75, 3.05) is 58.9 Å². The number of methoxy groups -OCH3 is 1. The first kappa shape index (κ1) is 31.5. The van der Waals surface area contributed by atoms with Crippen molar-refractivity contribution < 1.29 is 27.5 Å². The molecule has 0 bridgehead atoms. The Morgan fingerprint density at radius 3 is 2.39 bits per heavy atom. The van der Waals surface area contributed by atoms with Gasteiger partial charge in [-0.2, -0.15) is 24.9 Å². The van der Waals surface area contributed by atoms with E-state index >= 15 is 0 Å². The molecule has 2 fully saturated rings. The number of rotatable bonds is 9. The highest BCUT2D eigenvalue weighted by atomic mass is 35.5. The molecule has 0 N–H and O–H groups in total. The van der Waals surface area contributed by atoms with Crippen molar-refractivity contribution in [1.82, 2.24) is 14.7 Å². The van der Waals surface area contributed by atoms with Gasteiger partial charge in [0.05, 0.1) is 18.7 Å². The van der Waals surface area contributed by atoms with Crippen LogP contribution >= 0.6 is 23.4 Å². The second kappa shape index (κ2) is 13.7. The van der Waals surface area contributed by atoms with Crippen molar-refractivity contribution >= 4 is 35.2 Å².